The van der Waals surface area contributed by atoms with Gasteiger partial charge in [0.25, 0.3) is 0 Å². The third kappa shape index (κ3) is 5.34. The van der Waals surface area contributed by atoms with Crippen molar-refractivity contribution < 1.29 is 9.53 Å². The van der Waals surface area contributed by atoms with E-state index in [-0.39, 0.29) is 11.6 Å². The Labute approximate surface area is 109 Å². The number of hydrogen-bond acceptors (Lipinski definition) is 3. The predicted molar refractivity (Wildman–Crippen MR) is 69.2 cm³/mol. The second kappa shape index (κ2) is 5.51. The Hall–Kier alpha value is -0.790. The third-order valence-electron chi connectivity index (χ3n) is 1.66. The van der Waals surface area contributed by atoms with Gasteiger partial charge in [-0.1, -0.05) is 0 Å². The smallest absolute Gasteiger partial charge is 0.407 e. The highest BCUT2D eigenvalue weighted by Gasteiger charge is 2.14. The van der Waals surface area contributed by atoms with Gasteiger partial charge in [0.05, 0.1) is 12.9 Å². The molecule has 0 unspecified atom stereocenters. The number of halogens is 1. The van der Waals surface area contributed by atoms with Gasteiger partial charge >= 0.3 is 6.09 Å². The number of carbonyl (C=O) groups excluding carboxylic acids is 1. The van der Waals surface area contributed by atoms with Crippen LogP contribution in [0.3, 0.4) is 0 Å². The normalized spacial score (nSPS) is 11.2. The molecule has 0 aliphatic rings. The molecule has 0 fully saturated rings. The van der Waals surface area contributed by atoms with Crippen molar-refractivity contribution in [3.05, 3.63) is 16.2 Å². The number of ether oxygens (including phenoxy) is 1. The molecule has 1 aromatic rings. The summed E-state index contributed by atoms with van der Waals surface area (Å²) in [5.41, 5.74) is -0.262. The summed E-state index contributed by atoms with van der Waals surface area (Å²) >= 11 is 2.13. The second-order valence-electron chi connectivity index (χ2n) is 4.45. The van der Waals surface area contributed by atoms with E-state index in [2.05, 4.69) is 32.9 Å². The Bertz CT molecular complexity index is 357. The standard InChI is InChI=1S/C10H16IN3O2/c1-10(2,3)13-9(15)16-5-4-14-6-8(11)12-7-14/h6-7H,4-5H2,1-3H3,(H,13,15). The minimum atomic E-state index is -0.387. The molecule has 16 heavy (non-hydrogen) atoms. The highest BCUT2D eigenvalue weighted by molar-refractivity contribution is 14.1. The Morgan fingerprint density at radius 2 is 2.31 bits per heavy atom. The number of hydrogen-bond donors (Lipinski definition) is 1. The van der Waals surface area contributed by atoms with Crippen LogP contribution in [0.25, 0.3) is 0 Å². The van der Waals surface area contributed by atoms with E-state index in [1.807, 2.05) is 31.5 Å². The molecule has 0 spiro atoms. The van der Waals surface area contributed by atoms with Crippen LogP contribution in [0.2, 0.25) is 0 Å². The number of rotatable bonds is 3. The summed E-state index contributed by atoms with van der Waals surface area (Å²) < 4.78 is 7.84. The van der Waals surface area contributed by atoms with Gasteiger partial charge in [-0.15, -0.1) is 0 Å². The Kier molecular flexibility index (Phi) is 4.57. The van der Waals surface area contributed by atoms with Gasteiger partial charge in [0.15, 0.2) is 0 Å². The Balaban J connectivity index is 2.23. The number of imidazole rings is 1. The minimum Gasteiger partial charge on any atom is -0.448 e. The van der Waals surface area contributed by atoms with Crippen molar-refractivity contribution in [2.45, 2.75) is 32.9 Å². The van der Waals surface area contributed by atoms with Crippen LogP contribution in [-0.2, 0) is 11.3 Å². The van der Waals surface area contributed by atoms with Gasteiger partial charge in [-0.3, -0.25) is 0 Å². The molecule has 0 saturated carbocycles. The second-order valence-corrected chi connectivity index (χ2v) is 5.55. The lowest BCUT2D eigenvalue weighted by molar-refractivity contribution is 0.133. The lowest BCUT2D eigenvalue weighted by Gasteiger charge is -2.19. The summed E-state index contributed by atoms with van der Waals surface area (Å²) in [5.74, 6) is 0. The molecule has 1 amide bonds. The number of nitrogens with one attached hydrogen (secondary N) is 1. The van der Waals surface area contributed by atoms with Gasteiger partial charge in [-0.2, -0.15) is 0 Å². The maximum atomic E-state index is 11.3. The molecule has 0 radical (unpaired) electrons. The zero-order valence-electron chi connectivity index (χ0n) is 9.66. The average molecular weight is 337 g/mol. The molecule has 0 aromatic carbocycles. The number of alkyl carbamates (subject to hydrolysis) is 1. The van der Waals surface area contributed by atoms with Gasteiger partial charge in [0, 0.05) is 11.7 Å². The fraction of sp³-hybridized carbons (Fsp3) is 0.600. The van der Waals surface area contributed by atoms with E-state index < -0.39 is 0 Å². The maximum absolute atomic E-state index is 11.3. The summed E-state index contributed by atoms with van der Waals surface area (Å²) in [6, 6.07) is 0. The summed E-state index contributed by atoms with van der Waals surface area (Å²) in [4.78, 5) is 15.4. The first kappa shape index (κ1) is 13.3. The molecule has 6 heteroatoms. The molecule has 5 nitrogen and oxygen atoms in total. The predicted octanol–water partition coefficient (Wildman–Crippen LogP) is 2.01. The van der Waals surface area contributed by atoms with Gasteiger partial charge in [0.2, 0.25) is 0 Å². The van der Waals surface area contributed by atoms with E-state index in [1.54, 1.807) is 6.33 Å². The van der Waals surface area contributed by atoms with Crippen molar-refractivity contribution in [1.82, 2.24) is 14.9 Å². The van der Waals surface area contributed by atoms with Crippen LogP contribution in [0.15, 0.2) is 12.5 Å². The fourth-order valence-electron chi connectivity index (χ4n) is 1.04. The molecule has 1 heterocycles. The first-order chi connectivity index (χ1) is 7.37. The van der Waals surface area contributed by atoms with E-state index in [0.29, 0.717) is 13.2 Å². The van der Waals surface area contributed by atoms with E-state index in [9.17, 15) is 4.79 Å². The number of aromatic nitrogens is 2. The lowest BCUT2D eigenvalue weighted by atomic mass is 10.1. The van der Waals surface area contributed by atoms with Crippen molar-refractivity contribution in [3.8, 4) is 0 Å². The number of nitrogens with zero attached hydrogens (tertiary/aromatic N) is 2. The van der Waals surface area contributed by atoms with Crippen LogP contribution in [0.5, 0.6) is 0 Å². The average Bonchev–Trinajstić information content (AvgIpc) is 2.48. The van der Waals surface area contributed by atoms with Gasteiger partial charge in [0.1, 0.15) is 10.3 Å². The van der Waals surface area contributed by atoms with E-state index in [1.165, 1.54) is 0 Å². The van der Waals surface area contributed by atoms with Gasteiger partial charge < -0.3 is 14.6 Å². The molecule has 0 bridgehead atoms. The van der Waals surface area contributed by atoms with Crippen molar-refractivity contribution >= 4 is 28.7 Å². The van der Waals surface area contributed by atoms with E-state index in [0.717, 1.165) is 3.70 Å². The molecule has 1 N–H and O–H groups in total. The summed E-state index contributed by atoms with van der Waals surface area (Å²) in [5, 5.41) is 2.72. The summed E-state index contributed by atoms with van der Waals surface area (Å²) in [6.07, 6.45) is 3.22. The quantitative estimate of drug-likeness (QED) is 0.859. The Morgan fingerprint density at radius 1 is 1.62 bits per heavy atom. The van der Waals surface area contributed by atoms with Gasteiger partial charge in [-0.25, -0.2) is 9.78 Å². The van der Waals surface area contributed by atoms with Crippen molar-refractivity contribution in [1.29, 1.82) is 0 Å². The minimum absolute atomic E-state index is 0.262. The topological polar surface area (TPSA) is 56.1 Å². The van der Waals surface area contributed by atoms with Crippen LogP contribution in [0.4, 0.5) is 4.79 Å². The lowest BCUT2D eigenvalue weighted by Crippen LogP contribution is -2.41. The highest BCUT2D eigenvalue weighted by atomic mass is 127. The zero-order chi connectivity index (χ0) is 12.2. The first-order valence-electron chi connectivity index (χ1n) is 4.99. The van der Waals surface area contributed by atoms with Crippen LogP contribution in [-0.4, -0.2) is 27.8 Å². The zero-order valence-corrected chi connectivity index (χ0v) is 11.8. The fourth-order valence-corrected chi connectivity index (χ4v) is 1.52. The first-order valence-corrected chi connectivity index (χ1v) is 6.07. The number of carbonyl (C=O) groups is 1. The summed E-state index contributed by atoms with van der Waals surface area (Å²) in [6.45, 7) is 6.69. The largest absolute Gasteiger partial charge is 0.448 e. The molecule has 90 valence electrons. The van der Waals surface area contributed by atoms with E-state index >= 15 is 0 Å². The summed E-state index contributed by atoms with van der Waals surface area (Å²) in [7, 11) is 0. The van der Waals surface area contributed by atoms with Crippen LogP contribution in [0, 0.1) is 3.70 Å². The SMILES string of the molecule is CC(C)(C)NC(=O)OCCn1cnc(I)c1. The maximum Gasteiger partial charge on any atom is 0.407 e. The molecule has 1 aromatic heterocycles. The molecule has 0 saturated heterocycles. The molecule has 0 aliphatic heterocycles. The van der Waals surface area contributed by atoms with Crippen LogP contribution < -0.4 is 5.32 Å². The van der Waals surface area contributed by atoms with Crippen LogP contribution in [0.1, 0.15) is 20.8 Å². The molecule has 1 rings (SSSR count). The van der Waals surface area contributed by atoms with E-state index in [4.69, 9.17) is 4.74 Å². The molecular weight excluding hydrogens is 321 g/mol. The van der Waals surface area contributed by atoms with Crippen LogP contribution >= 0.6 is 22.6 Å². The highest BCUT2D eigenvalue weighted by Crippen LogP contribution is 2.01. The molecular formula is C10H16IN3O2. The van der Waals surface area contributed by atoms with Crippen molar-refractivity contribution in [3.63, 3.8) is 0 Å². The third-order valence-corrected chi connectivity index (χ3v) is 2.22. The number of amides is 1. The Morgan fingerprint density at radius 3 is 2.81 bits per heavy atom. The molecule has 0 aliphatic carbocycles. The monoisotopic (exact) mass is 337 g/mol. The van der Waals surface area contributed by atoms with Crippen molar-refractivity contribution in [2.75, 3.05) is 6.61 Å². The molecule has 0 atom stereocenters. The van der Waals surface area contributed by atoms with Crippen molar-refractivity contribution in [2.24, 2.45) is 0 Å². The van der Waals surface area contributed by atoms with Gasteiger partial charge in [-0.05, 0) is 43.4 Å².